The highest BCUT2D eigenvalue weighted by molar-refractivity contribution is 7.80. The van der Waals surface area contributed by atoms with Gasteiger partial charge in [0.2, 0.25) is 5.91 Å². The van der Waals surface area contributed by atoms with Crippen molar-refractivity contribution in [3.05, 3.63) is 28.2 Å². The number of hydrogen-bond acceptors (Lipinski definition) is 2. The van der Waals surface area contributed by atoms with E-state index in [0.717, 1.165) is 0 Å². The van der Waals surface area contributed by atoms with E-state index in [1.165, 1.54) is 0 Å². The Morgan fingerprint density at radius 2 is 2.05 bits per heavy atom. The predicted octanol–water partition coefficient (Wildman–Crippen LogP) is 2.80. The summed E-state index contributed by atoms with van der Waals surface area (Å²) in [7, 11) is 0. The topological polar surface area (TPSA) is 53.2 Å². The van der Waals surface area contributed by atoms with Crippen molar-refractivity contribution in [3.8, 4) is 0 Å². The number of nitrogens with one attached hydrogen (secondary N) is 3. The summed E-state index contributed by atoms with van der Waals surface area (Å²) < 4.78 is 0. The fraction of sp³-hybridized carbons (Fsp3) is 0.333. The molecule has 0 bridgehead atoms. The minimum atomic E-state index is -0.253. The van der Waals surface area contributed by atoms with E-state index in [4.69, 9.17) is 35.4 Å². The first-order valence-electron chi connectivity index (χ1n) is 5.67. The Labute approximate surface area is 127 Å². The predicted molar refractivity (Wildman–Crippen MR) is 84.0 cm³/mol. The standard InChI is InChI=1S/C12H15Cl2N3OS/c1-7(2)16-12(19)15-6-11(18)17-10-5-8(13)3-4-9(10)14/h3-5,7H,6H2,1-2H3,(H,17,18)(H2,15,16,19). The highest BCUT2D eigenvalue weighted by Crippen LogP contribution is 2.25. The van der Waals surface area contributed by atoms with Gasteiger partial charge >= 0.3 is 0 Å². The van der Waals surface area contributed by atoms with E-state index in [-0.39, 0.29) is 18.5 Å². The van der Waals surface area contributed by atoms with Gasteiger partial charge < -0.3 is 16.0 Å². The number of benzene rings is 1. The van der Waals surface area contributed by atoms with Crippen molar-refractivity contribution >= 4 is 52.1 Å². The Balaban J connectivity index is 2.47. The van der Waals surface area contributed by atoms with Crippen molar-refractivity contribution in [1.82, 2.24) is 10.6 Å². The van der Waals surface area contributed by atoms with E-state index in [1.807, 2.05) is 13.8 Å². The van der Waals surface area contributed by atoms with E-state index < -0.39 is 0 Å². The molecule has 1 rings (SSSR count). The number of amides is 1. The van der Waals surface area contributed by atoms with Gasteiger partial charge in [0.15, 0.2) is 5.11 Å². The molecule has 0 aliphatic carbocycles. The molecular weight excluding hydrogens is 305 g/mol. The van der Waals surface area contributed by atoms with Gasteiger partial charge in [-0.2, -0.15) is 0 Å². The van der Waals surface area contributed by atoms with Crippen molar-refractivity contribution in [1.29, 1.82) is 0 Å². The lowest BCUT2D eigenvalue weighted by molar-refractivity contribution is -0.115. The Morgan fingerprint density at radius 3 is 2.68 bits per heavy atom. The molecule has 19 heavy (non-hydrogen) atoms. The Hall–Kier alpha value is -1.04. The van der Waals surface area contributed by atoms with Crippen LogP contribution in [-0.4, -0.2) is 23.6 Å². The smallest absolute Gasteiger partial charge is 0.243 e. The second-order valence-corrected chi connectivity index (χ2v) is 5.41. The molecule has 0 spiro atoms. The normalized spacial score (nSPS) is 10.2. The monoisotopic (exact) mass is 319 g/mol. The summed E-state index contributed by atoms with van der Waals surface area (Å²) in [5, 5.41) is 9.80. The van der Waals surface area contributed by atoms with Crippen LogP contribution >= 0.6 is 35.4 Å². The summed E-state index contributed by atoms with van der Waals surface area (Å²) in [5.41, 5.74) is 0.476. The summed E-state index contributed by atoms with van der Waals surface area (Å²) in [6, 6.07) is 5.08. The Bertz CT molecular complexity index is 480. The highest BCUT2D eigenvalue weighted by Gasteiger charge is 2.07. The number of thiocarbonyl (C=S) groups is 1. The van der Waals surface area contributed by atoms with E-state index in [9.17, 15) is 4.79 Å². The van der Waals surface area contributed by atoms with Crippen molar-refractivity contribution in [2.24, 2.45) is 0 Å². The van der Waals surface area contributed by atoms with E-state index >= 15 is 0 Å². The third-order valence-corrected chi connectivity index (χ3v) is 2.86. The highest BCUT2D eigenvalue weighted by atomic mass is 35.5. The molecule has 0 fully saturated rings. The molecule has 1 amide bonds. The number of anilines is 1. The molecule has 1 aromatic rings. The molecule has 7 heteroatoms. The van der Waals surface area contributed by atoms with Gasteiger partial charge in [0, 0.05) is 11.1 Å². The van der Waals surface area contributed by atoms with Gasteiger partial charge in [0.25, 0.3) is 0 Å². The fourth-order valence-corrected chi connectivity index (χ4v) is 1.91. The molecule has 0 atom stereocenters. The minimum absolute atomic E-state index is 0.0569. The van der Waals surface area contributed by atoms with Crippen molar-refractivity contribution < 1.29 is 4.79 Å². The quantitative estimate of drug-likeness (QED) is 0.747. The van der Waals surface area contributed by atoms with Crippen LogP contribution in [0.4, 0.5) is 5.69 Å². The molecule has 0 radical (unpaired) electrons. The zero-order valence-corrected chi connectivity index (χ0v) is 12.9. The van der Waals surface area contributed by atoms with Crippen molar-refractivity contribution in [2.45, 2.75) is 19.9 Å². The first kappa shape index (κ1) is 16.0. The second-order valence-electron chi connectivity index (χ2n) is 4.15. The van der Waals surface area contributed by atoms with Gasteiger partial charge in [-0.3, -0.25) is 4.79 Å². The number of carbonyl (C=O) groups is 1. The molecule has 104 valence electrons. The third-order valence-electron chi connectivity index (χ3n) is 2.03. The molecule has 1 aromatic carbocycles. The molecule has 0 saturated carbocycles. The maximum absolute atomic E-state index is 11.7. The summed E-state index contributed by atoms with van der Waals surface area (Å²) in [6.07, 6.45) is 0. The van der Waals surface area contributed by atoms with Gasteiger partial charge in [0.1, 0.15) is 0 Å². The maximum atomic E-state index is 11.7. The van der Waals surface area contributed by atoms with Crippen molar-refractivity contribution in [3.63, 3.8) is 0 Å². The van der Waals surface area contributed by atoms with Crippen LogP contribution in [-0.2, 0) is 4.79 Å². The molecule has 0 unspecified atom stereocenters. The fourth-order valence-electron chi connectivity index (χ4n) is 1.26. The SMILES string of the molecule is CC(C)NC(=S)NCC(=O)Nc1cc(Cl)ccc1Cl. The lowest BCUT2D eigenvalue weighted by atomic mass is 10.3. The molecule has 0 aromatic heterocycles. The third kappa shape index (κ3) is 6.09. The van der Waals surface area contributed by atoms with Gasteiger partial charge in [0.05, 0.1) is 17.3 Å². The summed E-state index contributed by atoms with van der Waals surface area (Å²) in [6.45, 7) is 3.97. The lowest BCUT2D eigenvalue weighted by Crippen LogP contribution is -2.42. The lowest BCUT2D eigenvalue weighted by Gasteiger charge is -2.13. The molecule has 0 aliphatic rings. The molecule has 0 saturated heterocycles. The van der Waals surface area contributed by atoms with E-state index in [1.54, 1.807) is 18.2 Å². The van der Waals surface area contributed by atoms with Gasteiger partial charge in [-0.05, 0) is 44.3 Å². The van der Waals surface area contributed by atoms with Crippen LogP contribution in [0.15, 0.2) is 18.2 Å². The van der Waals surface area contributed by atoms with Gasteiger partial charge in [-0.1, -0.05) is 23.2 Å². The largest absolute Gasteiger partial charge is 0.361 e. The number of hydrogen-bond donors (Lipinski definition) is 3. The zero-order chi connectivity index (χ0) is 14.4. The summed E-state index contributed by atoms with van der Waals surface area (Å²) in [4.78, 5) is 11.7. The summed E-state index contributed by atoms with van der Waals surface area (Å²) >= 11 is 16.8. The number of halogens is 2. The van der Waals surface area contributed by atoms with Crippen LogP contribution in [0.5, 0.6) is 0 Å². The van der Waals surface area contributed by atoms with Gasteiger partial charge in [-0.15, -0.1) is 0 Å². The first-order valence-corrected chi connectivity index (χ1v) is 6.84. The van der Waals surface area contributed by atoms with Crippen LogP contribution in [0, 0.1) is 0 Å². The van der Waals surface area contributed by atoms with Crippen LogP contribution < -0.4 is 16.0 Å². The second kappa shape index (κ2) is 7.53. The van der Waals surface area contributed by atoms with E-state index in [2.05, 4.69) is 16.0 Å². The minimum Gasteiger partial charge on any atom is -0.361 e. The Morgan fingerprint density at radius 1 is 1.37 bits per heavy atom. The first-order chi connectivity index (χ1) is 8.88. The van der Waals surface area contributed by atoms with Crippen LogP contribution in [0.2, 0.25) is 10.0 Å². The molecule has 0 aliphatic heterocycles. The number of rotatable bonds is 4. The summed E-state index contributed by atoms with van der Waals surface area (Å²) in [5.74, 6) is -0.253. The average Bonchev–Trinajstić information content (AvgIpc) is 2.30. The average molecular weight is 320 g/mol. The van der Waals surface area contributed by atoms with Crippen molar-refractivity contribution in [2.75, 3.05) is 11.9 Å². The van der Waals surface area contributed by atoms with Crippen LogP contribution in [0.1, 0.15) is 13.8 Å². The van der Waals surface area contributed by atoms with E-state index in [0.29, 0.717) is 20.8 Å². The molecular formula is C12H15Cl2N3OS. The zero-order valence-electron chi connectivity index (χ0n) is 10.6. The molecule has 0 heterocycles. The maximum Gasteiger partial charge on any atom is 0.243 e. The van der Waals surface area contributed by atoms with Crippen LogP contribution in [0.3, 0.4) is 0 Å². The molecule has 3 N–H and O–H groups in total. The van der Waals surface area contributed by atoms with Gasteiger partial charge in [-0.25, -0.2) is 0 Å². The number of carbonyl (C=O) groups excluding carboxylic acids is 1. The Kier molecular flexibility index (Phi) is 6.34. The molecule has 4 nitrogen and oxygen atoms in total. The van der Waals surface area contributed by atoms with Crippen LogP contribution in [0.25, 0.3) is 0 Å².